The Hall–Kier alpha value is -2.08. The van der Waals surface area contributed by atoms with Crippen molar-refractivity contribution in [3.8, 4) is 0 Å². The van der Waals surface area contributed by atoms with E-state index < -0.39 is 17.9 Å². The fourth-order valence-corrected chi connectivity index (χ4v) is 4.63. The molecule has 33 heavy (non-hydrogen) atoms. The summed E-state index contributed by atoms with van der Waals surface area (Å²) in [7, 11) is 1.75. The first kappa shape index (κ1) is 25.5. The Balaban J connectivity index is 1.50. The second-order valence-corrected chi connectivity index (χ2v) is 9.78. The van der Waals surface area contributed by atoms with Gasteiger partial charge in [0, 0.05) is 37.0 Å². The van der Waals surface area contributed by atoms with Crippen molar-refractivity contribution in [3.63, 3.8) is 0 Å². The van der Waals surface area contributed by atoms with E-state index in [2.05, 4.69) is 15.4 Å². The molecule has 2 fully saturated rings. The molecule has 1 aromatic rings. The first-order chi connectivity index (χ1) is 15.6. The van der Waals surface area contributed by atoms with Crippen LogP contribution in [0.5, 0.6) is 0 Å². The summed E-state index contributed by atoms with van der Waals surface area (Å²) in [6, 6.07) is 2.76. The van der Waals surface area contributed by atoms with Crippen molar-refractivity contribution in [1.29, 1.82) is 0 Å². The number of benzene rings is 1. The molecule has 0 spiro atoms. The molecule has 3 rings (SSSR count). The number of nitrogens with zero attached hydrogens (tertiary/aromatic N) is 2. The molecular formula is C21H29ClFN5O4S. The van der Waals surface area contributed by atoms with Gasteiger partial charge in [0.15, 0.2) is 0 Å². The van der Waals surface area contributed by atoms with Crippen LogP contribution in [-0.4, -0.2) is 71.5 Å². The van der Waals surface area contributed by atoms with Gasteiger partial charge in [-0.2, -0.15) is 0 Å². The largest absolute Gasteiger partial charge is 0.447 e. The number of hydrogen-bond acceptors (Lipinski definition) is 7. The van der Waals surface area contributed by atoms with Crippen LogP contribution in [0.4, 0.5) is 14.9 Å². The summed E-state index contributed by atoms with van der Waals surface area (Å²) >= 11 is 6.97. The summed E-state index contributed by atoms with van der Waals surface area (Å²) < 4.78 is 23.4. The smallest absolute Gasteiger partial charge is 0.410 e. The van der Waals surface area contributed by atoms with Gasteiger partial charge < -0.3 is 20.3 Å². The zero-order valence-electron chi connectivity index (χ0n) is 18.8. The van der Waals surface area contributed by atoms with Crippen LogP contribution < -0.4 is 15.4 Å². The molecule has 0 bridgehead atoms. The number of ether oxygens (including phenoxy) is 1. The number of likely N-dealkylation sites (N-methyl/N-ethyl adjacent to an activating group) is 1. The highest BCUT2D eigenvalue weighted by molar-refractivity contribution is 7.95. The standard InChI is InChI=1S/C21H29ClFN5O4S/c1-12(2)32-21(31)28-8-6-13(7-9-28)24-19(29)17-11-18(27(3)33-26-17)20(30)25-14-4-5-16(23)15(22)10-14/h4-5,10,12-13,17-18,26H,6-9,11H2,1-3H3,(H,24,29)(H,25,30). The van der Waals surface area contributed by atoms with Crippen LogP contribution in [0.15, 0.2) is 18.2 Å². The van der Waals surface area contributed by atoms with E-state index in [1.807, 2.05) is 0 Å². The third-order valence-electron chi connectivity index (χ3n) is 5.48. The fourth-order valence-electron chi connectivity index (χ4n) is 3.65. The molecule has 0 radical (unpaired) electrons. The third kappa shape index (κ3) is 6.95. The summed E-state index contributed by atoms with van der Waals surface area (Å²) in [6.07, 6.45) is 1.02. The van der Waals surface area contributed by atoms with E-state index in [0.29, 0.717) is 31.6 Å². The van der Waals surface area contributed by atoms with E-state index in [4.69, 9.17) is 16.3 Å². The van der Waals surface area contributed by atoms with Gasteiger partial charge in [0.1, 0.15) is 11.9 Å². The molecule has 3 N–H and O–H groups in total. The average Bonchev–Trinajstić information content (AvgIpc) is 2.76. The highest BCUT2D eigenvalue weighted by Gasteiger charge is 2.36. The Morgan fingerprint density at radius 2 is 1.94 bits per heavy atom. The predicted octanol–water partition coefficient (Wildman–Crippen LogP) is 2.77. The van der Waals surface area contributed by atoms with E-state index in [0.717, 1.165) is 0 Å². The number of amides is 3. The minimum Gasteiger partial charge on any atom is -0.447 e. The van der Waals surface area contributed by atoms with Gasteiger partial charge in [-0.25, -0.2) is 18.2 Å². The van der Waals surface area contributed by atoms with Gasteiger partial charge in [0.05, 0.1) is 17.2 Å². The minimum atomic E-state index is -0.580. The van der Waals surface area contributed by atoms with Gasteiger partial charge in [-0.05, 0) is 58.4 Å². The monoisotopic (exact) mass is 501 g/mol. The van der Waals surface area contributed by atoms with Gasteiger partial charge in [0.2, 0.25) is 11.8 Å². The van der Waals surface area contributed by atoms with Crippen molar-refractivity contribution in [2.45, 2.75) is 57.3 Å². The van der Waals surface area contributed by atoms with Crippen molar-refractivity contribution in [3.05, 3.63) is 29.0 Å². The topological polar surface area (TPSA) is 103 Å². The Morgan fingerprint density at radius 1 is 1.24 bits per heavy atom. The van der Waals surface area contributed by atoms with E-state index >= 15 is 0 Å². The van der Waals surface area contributed by atoms with Crippen molar-refractivity contribution < 1.29 is 23.5 Å². The SMILES string of the molecule is CC(C)OC(=O)N1CCC(NC(=O)C2CC(C(=O)Nc3ccc(F)c(Cl)c3)N(C)SN2)CC1. The van der Waals surface area contributed by atoms with Gasteiger partial charge in [-0.1, -0.05) is 11.6 Å². The van der Waals surface area contributed by atoms with E-state index in [-0.39, 0.29) is 41.5 Å². The Labute approximate surface area is 202 Å². The maximum Gasteiger partial charge on any atom is 0.410 e. The molecular weight excluding hydrogens is 473 g/mol. The lowest BCUT2D eigenvalue weighted by Crippen LogP contribution is -2.56. The lowest BCUT2D eigenvalue weighted by atomic mass is 10.0. The predicted molar refractivity (Wildman–Crippen MR) is 125 cm³/mol. The quantitative estimate of drug-likeness (QED) is 0.533. The molecule has 0 aromatic heterocycles. The van der Waals surface area contributed by atoms with Crippen LogP contribution in [0.2, 0.25) is 5.02 Å². The van der Waals surface area contributed by atoms with E-state index in [9.17, 15) is 18.8 Å². The number of nitrogens with one attached hydrogen (secondary N) is 3. The first-order valence-electron chi connectivity index (χ1n) is 10.8. The van der Waals surface area contributed by atoms with Crippen LogP contribution in [0.1, 0.15) is 33.1 Å². The third-order valence-corrected chi connectivity index (χ3v) is 6.70. The molecule has 182 valence electrons. The molecule has 0 saturated carbocycles. The molecule has 2 heterocycles. The maximum absolute atomic E-state index is 13.4. The molecule has 12 heteroatoms. The molecule has 2 saturated heterocycles. The van der Waals surface area contributed by atoms with Crippen molar-refractivity contribution in [2.75, 3.05) is 25.5 Å². The number of carbonyl (C=O) groups excluding carboxylic acids is 3. The normalized spacial score (nSPS) is 22.2. The Morgan fingerprint density at radius 3 is 2.58 bits per heavy atom. The van der Waals surface area contributed by atoms with E-state index in [1.54, 1.807) is 30.1 Å². The summed E-state index contributed by atoms with van der Waals surface area (Å²) in [5.41, 5.74) is 0.382. The summed E-state index contributed by atoms with van der Waals surface area (Å²) in [6.45, 7) is 4.63. The first-order valence-corrected chi connectivity index (χ1v) is 12.0. The summed E-state index contributed by atoms with van der Waals surface area (Å²) in [4.78, 5) is 39.3. The zero-order valence-corrected chi connectivity index (χ0v) is 20.3. The molecule has 2 aliphatic rings. The van der Waals surface area contributed by atoms with Crippen LogP contribution in [0.25, 0.3) is 0 Å². The van der Waals surface area contributed by atoms with Gasteiger partial charge in [-0.3, -0.25) is 9.59 Å². The van der Waals surface area contributed by atoms with Crippen LogP contribution >= 0.6 is 23.7 Å². The lowest BCUT2D eigenvalue weighted by Gasteiger charge is -2.36. The van der Waals surface area contributed by atoms with Crippen LogP contribution in [0, 0.1) is 5.82 Å². The van der Waals surface area contributed by atoms with Gasteiger partial charge in [0.25, 0.3) is 0 Å². The number of halogens is 2. The number of likely N-dealkylation sites (tertiary alicyclic amines) is 1. The zero-order chi connectivity index (χ0) is 24.1. The van der Waals surface area contributed by atoms with Crippen LogP contribution in [0.3, 0.4) is 0 Å². The molecule has 2 unspecified atom stereocenters. The molecule has 0 aliphatic carbocycles. The number of piperidine rings is 1. The highest BCUT2D eigenvalue weighted by atomic mass is 35.5. The summed E-state index contributed by atoms with van der Waals surface area (Å²) in [5, 5.41) is 5.67. The summed E-state index contributed by atoms with van der Waals surface area (Å²) in [5.74, 6) is -1.08. The number of anilines is 1. The number of rotatable bonds is 5. The highest BCUT2D eigenvalue weighted by Crippen LogP contribution is 2.24. The van der Waals surface area contributed by atoms with Crippen molar-refractivity contribution in [2.24, 2.45) is 0 Å². The Kier molecular flexibility index (Phi) is 8.80. The van der Waals surface area contributed by atoms with E-state index in [1.165, 1.54) is 30.3 Å². The minimum absolute atomic E-state index is 0.0549. The molecule has 2 atom stereocenters. The molecule has 1 aromatic carbocycles. The second-order valence-electron chi connectivity index (χ2n) is 8.38. The van der Waals surface area contributed by atoms with Crippen LogP contribution in [-0.2, 0) is 14.3 Å². The molecule has 2 aliphatic heterocycles. The molecule has 9 nitrogen and oxygen atoms in total. The van der Waals surface area contributed by atoms with Gasteiger partial charge >= 0.3 is 6.09 Å². The number of hydrogen-bond donors (Lipinski definition) is 3. The van der Waals surface area contributed by atoms with Crippen molar-refractivity contribution in [1.82, 2.24) is 19.2 Å². The maximum atomic E-state index is 13.4. The lowest BCUT2D eigenvalue weighted by molar-refractivity contribution is -0.125. The second kappa shape index (κ2) is 11.4. The Bertz CT molecular complexity index is 884. The van der Waals surface area contributed by atoms with Gasteiger partial charge in [-0.15, -0.1) is 0 Å². The average molecular weight is 502 g/mol. The fraction of sp³-hybridized carbons (Fsp3) is 0.571. The van der Waals surface area contributed by atoms with Crippen molar-refractivity contribution >= 4 is 47.3 Å². The number of carbonyl (C=O) groups is 3. The molecule has 3 amide bonds.